The summed E-state index contributed by atoms with van der Waals surface area (Å²) >= 11 is 0. The van der Waals surface area contributed by atoms with Crippen molar-refractivity contribution in [1.82, 2.24) is 4.72 Å². The Balaban J connectivity index is 1.93. The molecular weight excluding hydrogens is 627 g/mol. The van der Waals surface area contributed by atoms with Crippen molar-refractivity contribution in [1.29, 1.82) is 0 Å². The number of anilines is 2. The van der Waals surface area contributed by atoms with Crippen molar-refractivity contribution < 1.29 is 27.9 Å². The van der Waals surface area contributed by atoms with Gasteiger partial charge in [-0.1, -0.05) is 91.4 Å². The summed E-state index contributed by atoms with van der Waals surface area (Å²) in [6.07, 6.45) is 19.1. The summed E-state index contributed by atoms with van der Waals surface area (Å²) in [7, 11) is -3.78. The molecule has 264 valence electrons. The summed E-state index contributed by atoms with van der Waals surface area (Å²) in [5.74, 6) is -1.70. The van der Waals surface area contributed by atoms with Gasteiger partial charge in [-0.15, -0.1) is 0 Å². The van der Waals surface area contributed by atoms with Gasteiger partial charge in [-0.3, -0.25) is 19.1 Å². The Hall–Kier alpha value is -3.66. The van der Waals surface area contributed by atoms with E-state index in [1.54, 1.807) is 6.07 Å². The molecule has 9 nitrogen and oxygen atoms in total. The van der Waals surface area contributed by atoms with E-state index in [2.05, 4.69) is 28.8 Å². The fourth-order valence-corrected chi connectivity index (χ4v) is 7.33. The molecule has 0 bridgehead atoms. The molecule has 48 heavy (non-hydrogen) atoms. The summed E-state index contributed by atoms with van der Waals surface area (Å²) < 4.78 is 27.7. The molecule has 0 saturated heterocycles. The third-order valence-corrected chi connectivity index (χ3v) is 10.1. The number of carbonyl (C=O) groups excluding carboxylic acids is 3. The second-order valence-electron chi connectivity index (χ2n) is 12.8. The van der Waals surface area contributed by atoms with Crippen LogP contribution in [0.5, 0.6) is 0 Å². The number of Topliss-reactive ketones (excluding diaryl/α,β-unsaturated/α-hetero) is 1. The standard InChI is InChI=1S/C38H55N3O6S/c1-5-8-11-13-15-17-23-41(24-18-16-14-12-9-6-2)29-19-21-31(33(26-29)39-28(4)42)35-37(44)36(38(35)45)32-22-20-30(43)27-34(32)40-48(46,47)25-10-7-3/h19-22,26-27,40,44H,5-18,23-25H2,1-4H3,(H,39,42)/b36-32+. The summed E-state index contributed by atoms with van der Waals surface area (Å²) in [5, 5.41) is 14.1. The van der Waals surface area contributed by atoms with Gasteiger partial charge in [0.2, 0.25) is 21.7 Å². The van der Waals surface area contributed by atoms with Crippen molar-refractivity contribution in [2.75, 3.05) is 29.1 Å². The van der Waals surface area contributed by atoms with Gasteiger partial charge in [-0.25, -0.2) is 8.42 Å². The number of hydrogen-bond acceptors (Lipinski definition) is 7. The first kappa shape index (κ1) is 38.8. The highest BCUT2D eigenvalue weighted by molar-refractivity contribution is 7.89. The van der Waals surface area contributed by atoms with Gasteiger partial charge in [0.1, 0.15) is 5.76 Å². The lowest BCUT2D eigenvalue weighted by Crippen LogP contribution is -2.31. The van der Waals surface area contributed by atoms with E-state index in [9.17, 15) is 27.9 Å². The van der Waals surface area contributed by atoms with Gasteiger partial charge in [0.25, 0.3) is 0 Å². The van der Waals surface area contributed by atoms with Crippen molar-refractivity contribution in [3.63, 3.8) is 0 Å². The predicted octanol–water partition coefficient (Wildman–Crippen LogP) is 8.06. The van der Waals surface area contributed by atoms with E-state index in [0.29, 0.717) is 24.1 Å². The Labute approximate surface area is 287 Å². The van der Waals surface area contributed by atoms with Crippen LogP contribution in [0, 0.1) is 0 Å². The fourth-order valence-electron chi connectivity index (χ4n) is 6.06. The fraction of sp³-hybridized carbons (Fsp3) is 0.553. The second kappa shape index (κ2) is 19.4. The molecule has 2 aliphatic carbocycles. The number of rotatable bonds is 22. The van der Waals surface area contributed by atoms with E-state index in [0.717, 1.165) is 50.5 Å². The van der Waals surface area contributed by atoms with Crippen molar-refractivity contribution in [2.24, 2.45) is 0 Å². The summed E-state index contributed by atoms with van der Waals surface area (Å²) in [4.78, 5) is 40.5. The number of ketones is 2. The number of aliphatic hydroxyl groups is 1. The molecule has 2 aliphatic rings. The number of amides is 1. The van der Waals surface area contributed by atoms with Crippen LogP contribution in [0.2, 0.25) is 0 Å². The van der Waals surface area contributed by atoms with Crippen molar-refractivity contribution >= 4 is 44.4 Å². The lowest BCUT2D eigenvalue weighted by molar-refractivity contribution is -0.114. The molecule has 0 saturated carbocycles. The quantitative estimate of drug-likeness (QED) is 0.0833. The maximum Gasteiger partial charge on any atom is 0.232 e. The van der Waals surface area contributed by atoms with Crippen molar-refractivity contribution in [3.05, 3.63) is 64.6 Å². The largest absolute Gasteiger partial charge is 0.506 e. The molecule has 1 amide bonds. The van der Waals surface area contributed by atoms with E-state index < -0.39 is 21.6 Å². The third kappa shape index (κ3) is 11.2. The number of benzene rings is 1. The van der Waals surface area contributed by atoms with Crippen LogP contribution in [0.3, 0.4) is 0 Å². The number of sulfonamides is 1. The lowest BCUT2D eigenvalue weighted by Gasteiger charge is -2.29. The number of hydrogen-bond donors (Lipinski definition) is 3. The SMILES string of the molecule is CCCCCCCCN(CCCCCCCC)c1ccc(C2=C(O)/C(=C3/C=CC(=O)C=C3NS(=O)(=O)CCCC)C2=O)c(NC(C)=O)c1. The van der Waals surface area contributed by atoms with Gasteiger partial charge < -0.3 is 15.3 Å². The summed E-state index contributed by atoms with van der Waals surface area (Å²) in [6, 6.07) is 5.56. The molecule has 1 aromatic rings. The molecule has 0 radical (unpaired) electrons. The van der Waals surface area contributed by atoms with Gasteiger partial charge in [0, 0.05) is 42.9 Å². The zero-order valence-corrected chi connectivity index (χ0v) is 30.1. The van der Waals surface area contributed by atoms with Gasteiger partial charge in [-0.05, 0) is 49.6 Å². The molecule has 0 aliphatic heterocycles. The minimum absolute atomic E-state index is 0.0321. The van der Waals surface area contributed by atoms with Gasteiger partial charge in [0.05, 0.1) is 28.3 Å². The van der Waals surface area contributed by atoms with Gasteiger partial charge >= 0.3 is 0 Å². The molecule has 3 N–H and O–H groups in total. The number of nitrogens with zero attached hydrogens (tertiary/aromatic N) is 1. The number of nitrogens with one attached hydrogen (secondary N) is 2. The Bertz CT molecular complexity index is 1520. The smallest absolute Gasteiger partial charge is 0.232 e. The molecule has 0 spiro atoms. The zero-order chi connectivity index (χ0) is 35.1. The van der Waals surface area contributed by atoms with Gasteiger partial charge in [-0.2, -0.15) is 0 Å². The highest BCUT2D eigenvalue weighted by atomic mass is 32.2. The maximum absolute atomic E-state index is 13.7. The molecule has 3 rings (SSSR count). The third-order valence-electron chi connectivity index (χ3n) is 8.73. The molecular formula is C38H55N3O6S. The molecule has 0 fully saturated rings. The van der Waals surface area contributed by atoms with E-state index in [1.165, 1.54) is 70.4 Å². The number of carbonyl (C=O) groups is 3. The average molecular weight is 682 g/mol. The Morgan fingerprint density at radius 1 is 0.792 bits per heavy atom. The van der Waals surface area contributed by atoms with E-state index in [1.807, 2.05) is 19.1 Å². The van der Waals surface area contributed by atoms with Crippen LogP contribution in [-0.4, -0.2) is 49.8 Å². The minimum Gasteiger partial charge on any atom is -0.506 e. The summed E-state index contributed by atoms with van der Waals surface area (Å²) in [6.45, 7) is 9.47. The molecule has 0 heterocycles. The van der Waals surface area contributed by atoms with E-state index >= 15 is 0 Å². The topological polar surface area (TPSA) is 133 Å². The van der Waals surface area contributed by atoms with Crippen molar-refractivity contribution in [3.8, 4) is 0 Å². The van der Waals surface area contributed by atoms with Crippen LogP contribution in [0.1, 0.15) is 123 Å². The Kier molecular flexibility index (Phi) is 15.6. The number of allylic oxidation sites excluding steroid dienone is 5. The number of aliphatic hydroxyl groups excluding tert-OH is 1. The molecule has 1 aromatic carbocycles. The molecule has 0 aromatic heterocycles. The first-order valence-electron chi connectivity index (χ1n) is 17.9. The van der Waals surface area contributed by atoms with Crippen LogP contribution in [0.25, 0.3) is 5.57 Å². The Morgan fingerprint density at radius 3 is 1.94 bits per heavy atom. The van der Waals surface area contributed by atoms with Crippen LogP contribution in [0.15, 0.2) is 59.0 Å². The zero-order valence-electron chi connectivity index (χ0n) is 29.3. The van der Waals surface area contributed by atoms with Crippen LogP contribution < -0.4 is 14.9 Å². The molecule has 0 atom stereocenters. The predicted molar refractivity (Wildman–Crippen MR) is 195 cm³/mol. The minimum atomic E-state index is -3.78. The second-order valence-corrected chi connectivity index (χ2v) is 14.7. The average Bonchev–Trinajstić information content (AvgIpc) is 3.04. The number of unbranched alkanes of at least 4 members (excludes halogenated alkanes) is 11. The highest BCUT2D eigenvalue weighted by Gasteiger charge is 2.39. The first-order valence-corrected chi connectivity index (χ1v) is 19.5. The van der Waals surface area contributed by atoms with Gasteiger partial charge in [0.15, 0.2) is 5.78 Å². The lowest BCUT2D eigenvalue weighted by atomic mass is 9.79. The highest BCUT2D eigenvalue weighted by Crippen LogP contribution is 2.43. The van der Waals surface area contributed by atoms with Crippen molar-refractivity contribution in [2.45, 2.75) is 118 Å². The van der Waals surface area contributed by atoms with Crippen LogP contribution in [-0.2, 0) is 24.4 Å². The Morgan fingerprint density at radius 2 is 1.38 bits per heavy atom. The van der Waals surface area contributed by atoms with Crippen LogP contribution >= 0.6 is 0 Å². The van der Waals surface area contributed by atoms with Crippen LogP contribution in [0.4, 0.5) is 11.4 Å². The molecule has 0 unspecified atom stereocenters. The molecule has 10 heteroatoms. The normalized spacial score (nSPS) is 16.2. The van der Waals surface area contributed by atoms with E-state index in [-0.39, 0.29) is 39.8 Å². The van der Waals surface area contributed by atoms with E-state index in [4.69, 9.17) is 0 Å². The first-order chi connectivity index (χ1) is 23.0. The monoisotopic (exact) mass is 681 g/mol. The maximum atomic E-state index is 13.7. The summed E-state index contributed by atoms with van der Waals surface area (Å²) in [5.41, 5.74) is 1.77.